The normalized spacial score (nSPS) is 21.1. The van der Waals surface area contributed by atoms with E-state index in [2.05, 4.69) is 0 Å². The summed E-state index contributed by atoms with van der Waals surface area (Å²) in [5.74, 6) is 0. The van der Waals surface area contributed by atoms with Crippen LogP contribution in [0.25, 0.3) is 0 Å². The smallest absolute Gasteiger partial charge is 0.247 e. The lowest BCUT2D eigenvalue weighted by Gasteiger charge is -2.33. The van der Waals surface area contributed by atoms with Gasteiger partial charge in [-0.3, -0.25) is 0 Å². The molecule has 1 heterocycles. The fourth-order valence-corrected chi connectivity index (χ4v) is 4.60. The van der Waals surface area contributed by atoms with Crippen LogP contribution in [0.5, 0.6) is 0 Å². The molecule has 112 valence electrons. The van der Waals surface area contributed by atoms with Gasteiger partial charge in [0.15, 0.2) is 0 Å². The molecule has 0 aromatic heterocycles. The highest BCUT2D eigenvalue weighted by atomic mass is 35.5. The third-order valence-corrected chi connectivity index (χ3v) is 5.69. The van der Waals surface area contributed by atoms with E-state index in [1.54, 1.807) is 0 Å². The first kappa shape index (κ1) is 15.8. The maximum atomic E-state index is 12.7. The van der Waals surface area contributed by atoms with Gasteiger partial charge >= 0.3 is 0 Å². The minimum absolute atomic E-state index is 0.0225. The molecule has 1 atom stereocenters. The number of sulfonamides is 1. The second kappa shape index (κ2) is 6.05. The first-order valence-corrected chi connectivity index (χ1v) is 8.02. The largest absolute Gasteiger partial charge is 0.398 e. The van der Waals surface area contributed by atoms with Crippen molar-refractivity contribution in [3.05, 3.63) is 22.2 Å². The Balaban J connectivity index is 2.49. The van der Waals surface area contributed by atoms with Gasteiger partial charge in [0.25, 0.3) is 0 Å². The molecule has 20 heavy (non-hydrogen) atoms. The molecule has 3 N–H and O–H groups in total. The summed E-state index contributed by atoms with van der Waals surface area (Å²) in [4.78, 5) is -0.191. The van der Waals surface area contributed by atoms with Gasteiger partial charge in [-0.05, 0) is 12.1 Å². The fraction of sp³-hybridized carbons (Fsp3) is 0.455. The molecule has 0 amide bonds. The van der Waals surface area contributed by atoms with Crippen LogP contribution >= 0.6 is 23.2 Å². The zero-order valence-electron chi connectivity index (χ0n) is 10.4. The molecule has 0 bridgehead atoms. The summed E-state index contributed by atoms with van der Waals surface area (Å²) in [7, 11) is -3.92. The number of nitrogen functional groups attached to an aromatic ring is 1. The number of benzene rings is 1. The van der Waals surface area contributed by atoms with E-state index in [0.717, 1.165) is 4.31 Å². The maximum absolute atomic E-state index is 12.7. The van der Waals surface area contributed by atoms with E-state index in [0.29, 0.717) is 0 Å². The minimum Gasteiger partial charge on any atom is -0.398 e. The lowest BCUT2D eigenvalue weighted by molar-refractivity contribution is 0.0109. The molecule has 1 aliphatic heterocycles. The Bertz CT molecular complexity index is 585. The van der Waals surface area contributed by atoms with Crippen LogP contribution in [0.15, 0.2) is 17.0 Å². The van der Waals surface area contributed by atoms with Crippen molar-refractivity contribution in [3.63, 3.8) is 0 Å². The Morgan fingerprint density at radius 1 is 1.45 bits per heavy atom. The molecule has 6 nitrogen and oxygen atoms in total. The van der Waals surface area contributed by atoms with Gasteiger partial charge < -0.3 is 15.6 Å². The molecular formula is C11H14Cl2N2O4S. The lowest BCUT2D eigenvalue weighted by Crippen LogP contribution is -2.50. The Labute approximate surface area is 127 Å². The number of nitrogens with zero attached hydrogens (tertiary/aromatic N) is 1. The predicted molar refractivity (Wildman–Crippen MR) is 76.5 cm³/mol. The third-order valence-electron chi connectivity index (χ3n) is 2.99. The van der Waals surface area contributed by atoms with Crippen molar-refractivity contribution in [1.82, 2.24) is 4.31 Å². The molecule has 0 radical (unpaired) electrons. The number of aliphatic hydroxyl groups is 1. The molecule has 2 rings (SSSR count). The maximum Gasteiger partial charge on any atom is 0.247 e. The first-order valence-electron chi connectivity index (χ1n) is 5.83. The first-order chi connectivity index (χ1) is 9.37. The molecule has 1 saturated heterocycles. The van der Waals surface area contributed by atoms with Crippen molar-refractivity contribution in [3.8, 4) is 0 Å². The lowest BCUT2D eigenvalue weighted by atomic mass is 10.3. The summed E-state index contributed by atoms with van der Waals surface area (Å²) >= 11 is 11.7. The van der Waals surface area contributed by atoms with Gasteiger partial charge in [-0.2, -0.15) is 4.31 Å². The van der Waals surface area contributed by atoms with Crippen molar-refractivity contribution < 1.29 is 18.3 Å². The molecule has 0 spiro atoms. The van der Waals surface area contributed by atoms with Crippen molar-refractivity contribution in [1.29, 1.82) is 0 Å². The standard InChI is InChI=1S/C11H14Cl2N2O4S/c12-7-3-9(13)11(10(14)4-7)20(17,18)15-1-2-19-6-8(15)5-16/h3-4,8,16H,1-2,5-6,14H2. The van der Waals surface area contributed by atoms with Crippen molar-refractivity contribution in [2.45, 2.75) is 10.9 Å². The number of morpholine rings is 1. The summed E-state index contributed by atoms with van der Waals surface area (Å²) in [6.45, 7) is 0.165. The van der Waals surface area contributed by atoms with Gasteiger partial charge in [-0.25, -0.2) is 8.42 Å². The summed E-state index contributed by atoms with van der Waals surface area (Å²) in [6.07, 6.45) is 0. The van der Waals surface area contributed by atoms with Crippen molar-refractivity contribution in [2.24, 2.45) is 0 Å². The van der Waals surface area contributed by atoms with Gasteiger partial charge in [0.05, 0.1) is 36.6 Å². The number of halogens is 2. The zero-order chi connectivity index (χ0) is 14.9. The Morgan fingerprint density at radius 3 is 2.75 bits per heavy atom. The average Bonchev–Trinajstić information content (AvgIpc) is 2.37. The minimum atomic E-state index is -3.92. The number of hydrogen-bond donors (Lipinski definition) is 2. The Hall–Kier alpha value is -0.570. The van der Waals surface area contributed by atoms with Crippen LogP contribution in [0.3, 0.4) is 0 Å². The molecule has 0 aliphatic carbocycles. The number of aliphatic hydroxyl groups excluding tert-OH is 1. The van der Waals surface area contributed by atoms with Crippen molar-refractivity contribution in [2.75, 3.05) is 32.1 Å². The van der Waals surface area contributed by atoms with E-state index in [-0.39, 0.29) is 47.0 Å². The SMILES string of the molecule is Nc1cc(Cl)cc(Cl)c1S(=O)(=O)N1CCOCC1CO. The molecule has 1 fully saturated rings. The van der Waals surface area contributed by atoms with Crippen LogP contribution in [0.2, 0.25) is 10.0 Å². The quantitative estimate of drug-likeness (QED) is 0.799. The van der Waals surface area contributed by atoms with Crippen LogP contribution in [-0.2, 0) is 14.8 Å². The number of ether oxygens (including phenoxy) is 1. The van der Waals surface area contributed by atoms with E-state index in [4.69, 9.17) is 33.7 Å². The molecule has 1 aromatic rings. The highest BCUT2D eigenvalue weighted by Crippen LogP contribution is 2.34. The average molecular weight is 341 g/mol. The van der Waals surface area contributed by atoms with E-state index in [1.165, 1.54) is 12.1 Å². The van der Waals surface area contributed by atoms with E-state index in [9.17, 15) is 13.5 Å². The molecule has 1 unspecified atom stereocenters. The molecule has 1 aliphatic rings. The van der Waals surface area contributed by atoms with Crippen LogP contribution in [-0.4, -0.2) is 50.2 Å². The molecule has 0 saturated carbocycles. The highest BCUT2D eigenvalue weighted by molar-refractivity contribution is 7.89. The number of anilines is 1. The molecule has 9 heteroatoms. The topological polar surface area (TPSA) is 92.9 Å². The summed E-state index contributed by atoms with van der Waals surface area (Å²) in [5, 5.41) is 9.50. The van der Waals surface area contributed by atoms with E-state index >= 15 is 0 Å². The number of nitrogens with two attached hydrogens (primary N) is 1. The molecular weight excluding hydrogens is 327 g/mol. The number of hydrogen-bond acceptors (Lipinski definition) is 5. The van der Waals surface area contributed by atoms with E-state index < -0.39 is 16.1 Å². The van der Waals surface area contributed by atoms with Crippen molar-refractivity contribution >= 4 is 38.9 Å². The van der Waals surface area contributed by atoms with Crippen LogP contribution in [0.4, 0.5) is 5.69 Å². The van der Waals surface area contributed by atoms with Gasteiger partial charge in [0.1, 0.15) is 4.90 Å². The fourth-order valence-electron chi connectivity index (χ4n) is 2.07. The summed E-state index contributed by atoms with van der Waals surface area (Å²) < 4.78 is 31.6. The van der Waals surface area contributed by atoms with Crippen LogP contribution < -0.4 is 5.73 Å². The van der Waals surface area contributed by atoms with Crippen LogP contribution in [0.1, 0.15) is 0 Å². The predicted octanol–water partition coefficient (Wildman–Crippen LogP) is 0.957. The summed E-state index contributed by atoms with van der Waals surface area (Å²) in [5.41, 5.74) is 5.71. The second-order valence-electron chi connectivity index (χ2n) is 4.33. The third kappa shape index (κ3) is 2.88. The van der Waals surface area contributed by atoms with Gasteiger partial charge in [0.2, 0.25) is 10.0 Å². The summed E-state index contributed by atoms with van der Waals surface area (Å²) in [6, 6.07) is 2.00. The highest BCUT2D eigenvalue weighted by Gasteiger charge is 2.36. The second-order valence-corrected chi connectivity index (χ2v) is 7.00. The van der Waals surface area contributed by atoms with E-state index in [1.807, 2.05) is 0 Å². The zero-order valence-corrected chi connectivity index (χ0v) is 12.7. The van der Waals surface area contributed by atoms with Gasteiger partial charge in [-0.15, -0.1) is 0 Å². The Kier molecular flexibility index (Phi) is 4.78. The van der Waals surface area contributed by atoms with Gasteiger partial charge in [-0.1, -0.05) is 23.2 Å². The van der Waals surface area contributed by atoms with Crippen LogP contribution in [0, 0.1) is 0 Å². The Morgan fingerprint density at radius 2 is 2.15 bits per heavy atom. The monoisotopic (exact) mass is 340 g/mol. The molecule has 1 aromatic carbocycles. The van der Waals surface area contributed by atoms with Gasteiger partial charge in [0, 0.05) is 11.6 Å². The number of rotatable bonds is 3.